The van der Waals surface area contributed by atoms with E-state index < -0.39 is 21.9 Å². The Balaban J connectivity index is 2.77. The molecule has 0 aromatic rings. The molecule has 0 unspecified atom stereocenters. The van der Waals surface area contributed by atoms with Gasteiger partial charge in [-0.1, -0.05) is 0 Å². The molecule has 0 heterocycles. The van der Waals surface area contributed by atoms with Crippen LogP contribution in [-0.2, 0) is 0 Å². The summed E-state index contributed by atoms with van der Waals surface area (Å²) in [7, 11) is 0. The van der Waals surface area contributed by atoms with Gasteiger partial charge in [0.1, 0.15) is 0 Å². The molecule has 1 aliphatic carbocycles. The van der Waals surface area contributed by atoms with E-state index in [2.05, 4.69) is 23.7 Å². The van der Waals surface area contributed by atoms with Crippen LogP contribution < -0.4 is 0 Å². The molecule has 0 spiro atoms. The molecule has 0 radical (unpaired) electrons. The Morgan fingerprint density at radius 1 is 0.833 bits per heavy atom. The van der Waals surface area contributed by atoms with E-state index in [4.69, 9.17) is 0 Å². The second-order valence-corrected chi connectivity index (χ2v) is 1.95. The number of nitrogens with zero attached hydrogens (tertiary/aromatic N) is 2. The molecular formula is C6H2N2O4. The molecule has 0 aliphatic heterocycles. The van der Waals surface area contributed by atoms with Crippen molar-refractivity contribution >= 4 is 0 Å². The largest absolute Gasteiger partial charge is 0.333 e. The van der Waals surface area contributed by atoms with Crippen molar-refractivity contribution in [3.05, 3.63) is 20.2 Å². The van der Waals surface area contributed by atoms with E-state index in [0.717, 1.165) is 0 Å². The zero-order valence-corrected chi connectivity index (χ0v) is 5.68. The van der Waals surface area contributed by atoms with Gasteiger partial charge >= 0.3 is 12.1 Å². The minimum Gasteiger partial charge on any atom is -0.262 e. The number of hydrogen-bond acceptors (Lipinski definition) is 4. The van der Waals surface area contributed by atoms with Gasteiger partial charge in [0.25, 0.3) is 0 Å². The number of rotatable bonds is 2. The second kappa shape index (κ2) is 2.89. The van der Waals surface area contributed by atoms with Gasteiger partial charge in [-0.3, -0.25) is 20.2 Å². The highest BCUT2D eigenvalue weighted by molar-refractivity contribution is 5.32. The van der Waals surface area contributed by atoms with Gasteiger partial charge in [0.05, 0.1) is 0 Å². The average Bonchev–Trinajstić information content (AvgIpc) is 2.04. The highest BCUT2D eigenvalue weighted by Gasteiger charge is 2.21. The summed E-state index contributed by atoms with van der Waals surface area (Å²) < 4.78 is 0. The fourth-order valence-electron chi connectivity index (χ4n) is 0.599. The molecule has 0 N–H and O–H groups in total. The van der Waals surface area contributed by atoms with Gasteiger partial charge in [-0.15, -0.1) is 0 Å². The van der Waals surface area contributed by atoms with Gasteiger partial charge in [-0.2, -0.15) is 0 Å². The van der Waals surface area contributed by atoms with Crippen LogP contribution in [0.2, 0.25) is 0 Å². The maximum absolute atomic E-state index is 10.1. The average molecular weight is 166 g/mol. The third-order valence-electron chi connectivity index (χ3n) is 1.14. The maximum Gasteiger partial charge on any atom is 0.333 e. The van der Waals surface area contributed by atoms with Gasteiger partial charge in [-0.25, -0.2) is 0 Å². The third-order valence-corrected chi connectivity index (χ3v) is 1.14. The molecule has 12 heavy (non-hydrogen) atoms. The van der Waals surface area contributed by atoms with E-state index in [1.807, 2.05) is 0 Å². The molecule has 1 aliphatic rings. The SMILES string of the molecule is O=[N+]([O-])C1C#CC([N+](=O)[O-])C#C1. The van der Waals surface area contributed by atoms with Crippen LogP contribution in [0.25, 0.3) is 0 Å². The lowest BCUT2D eigenvalue weighted by Gasteiger charge is -1.97. The molecule has 0 saturated carbocycles. The van der Waals surface area contributed by atoms with Crippen LogP contribution in [0.3, 0.4) is 0 Å². The predicted molar refractivity (Wildman–Crippen MR) is 37.1 cm³/mol. The molecule has 0 aromatic heterocycles. The monoisotopic (exact) mass is 166 g/mol. The Bertz CT molecular complexity index is 301. The standard InChI is InChI=1S/C6H2N2O4/c9-7(10)5-1-2-6(4-3-5)8(11)12/h5-6H. The van der Waals surface area contributed by atoms with Crippen LogP contribution in [0.5, 0.6) is 0 Å². The minimum atomic E-state index is -1.28. The van der Waals surface area contributed by atoms with Crippen LogP contribution in [0.15, 0.2) is 0 Å². The second-order valence-electron chi connectivity index (χ2n) is 1.95. The summed E-state index contributed by atoms with van der Waals surface area (Å²) in [6.07, 6.45) is 0. The van der Waals surface area contributed by atoms with Crippen molar-refractivity contribution in [3.8, 4) is 23.7 Å². The van der Waals surface area contributed by atoms with Gasteiger partial charge in [0.2, 0.25) is 0 Å². The number of nitro groups is 2. The summed E-state index contributed by atoms with van der Waals surface area (Å²) >= 11 is 0. The van der Waals surface area contributed by atoms with Crippen molar-refractivity contribution in [2.75, 3.05) is 0 Å². The molecule has 0 bridgehead atoms. The fourth-order valence-corrected chi connectivity index (χ4v) is 0.599. The zero-order valence-electron chi connectivity index (χ0n) is 5.68. The van der Waals surface area contributed by atoms with Crippen LogP contribution >= 0.6 is 0 Å². The predicted octanol–water partition coefficient (Wildman–Crippen LogP) is -0.703. The van der Waals surface area contributed by atoms with Crippen molar-refractivity contribution < 1.29 is 9.85 Å². The molecule has 0 saturated heterocycles. The molecular weight excluding hydrogens is 164 g/mol. The first-order valence-corrected chi connectivity index (χ1v) is 2.90. The molecule has 0 aromatic carbocycles. The van der Waals surface area contributed by atoms with Crippen molar-refractivity contribution in [2.24, 2.45) is 0 Å². The van der Waals surface area contributed by atoms with Gasteiger partial charge in [0, 0.05) is 9.85 Å². The Labute approximate surface area is 66.9 Å². The quantitative estimate of drug-likeness (QED) is 0.308. The molecule has 6 heteroatoms. The molecule has 6 nitrogen and oxygen atoms in total. The van der Waals surface area contributed by atoms with Crippen LogP contribution in [0, 0.1) is 43.9 Å². The van der Waals surface area contributed by atoms with E-state index in [1.54, 1.807) is 0 Å². The molecule has 1 rings (SSSR count). The van der Waals surface area contributed by atoms with Crippen molar-refractivity contribution in [3.63, 3.8) is 0 Å². The highest BCUT2D eigenvalue weighted by Crippen LogP contribution is 1.94. The molecule has 0 fully saturated rings. The summed E-state index contributed by atoms with van der Waals surface area (Å²) in [5.74, 6) is 8.34. The van der Waals surface area contributed by atoms with E-state index in [1.165, 1.54) is 0 Å². The van der Waals surface area contributed by atoms with Crippen molar-refractivity contribution in [1.82, 2.24) is 0 Å². The van der Waals surface area contributed by atoms with E-state index in [9.17, 15) is 20.2 Å². The number of hydrogen-bond donors (Lipinski definition) is 0. The van der Waals surface area contributed by atoms with Crippen molar-refractivity contribution in [1.29, 1.82) is 0 Å². The minimum absolute atomic E-state index is 0.684. The first-order chi connectivity index (χ1) is 5.61. The maximum atomic E-state index is 10.1. The van der Waals surface area contributed by atoms with E-state index >= 15 is 0 Å². The van der Waals surface area contributed by atoms with Crippen LogP contribution in [0.4, 0.5) is 0 Å². The molecule has 0 atom stereocenters. The summed E-state index contributed by atoms with van der Waals surface area (Å²) in [5.41, 5.74) is 0. The van der Waals surface area contributed by atoms with E-state index in [0.29, 0.717) is 0 Å². The fraction of sp³-hybridized carbons (Fsp3) is 0.333. The molecule has 60 valence electrons. The Kier molecular flexibility index (Phi) is 1.93. The summed E-state index contributed by atoms with van der Waals surface area (Å²) in [4.78, 5) is 18.8. The Hall–Kier alpha value is -2.08. The Morgan fingerprint density at radius 2 is 1.08 bits per heavy atom. The van der Waals surface area contributed by atoms with Gasteiger partial charge < -0.3 is 0 Å². The first kappa shape index (κ1) is 8.02. The topological polar surface area (TPSA) is 86.3 Å². The lowest BCUT2D eigenvalue weighted by Crippen LogP contribution is -2.23. The summed E-state index contributed by atoms with van der Waals surface area (Å²) in [5, 5.41) is 20.1. The smallest absolute Gasteiger partial charge is 0.262 e. The zero-order chi connectivity index (χ0) is 9.14. The van der Waals surface area contributed by atoms with E-state index in [-0.39, 0.29) is 0 Å². The normalized spacial score (nSPS) is 24.3. The molecule has 0 amide bonds. The summed E-state index contributed by atoms with van der Waals surface area (Å²) in [6, 6.07) is -2.55. The highest BCUT2D eigenvalue weighted by atomic mass is 16.6. The van der Waals surface area contributed by atoms with Crippen molar-refractivity contribution in [2.45, 2.75) is 12.1 Å². The third kappa shape index (κ3) is 1.50. The van der Waals surface area contributed by atoms with Crippen LogP contribution in [-0.4, -0.2) is 21.9 Å². The lowest BCUT2D eigenvalue weighted by molar-refractivity contribution is -0.497. The van der Waals surface area contributed by atoms with Gasteiger partial charge in [0.15, 0.2) is 0 Å². The van der Waals surface area contributed by atoms with Crippen LogP contribution in [0.1, 0.15) is 0 Å². The lowest BCUT2D eigenvalue weighted by atomic mass is 10.2. The first-order valence-electron chi connectivity index (χ1n) is 2.90. The Morgan fingerprint density at radius 3 is 1.25 bits per heavy atom. The van der Waals surface area contributed by atoms with Gasteiger partial charge in [-0.05, 0) is 23.7 Å². The summed E-state index contributed by atoms with van der Waals surface area (Å²) in [6.45, 7) is 0.